The zero-order chi connectivity index (χ0) is 15.4. The van der Waals surface area contributed by atoms with Crippen molar-refractivity contribution in [1.29, 1.82) is 0 Å². The van der Waals surface area contributed by atoms with Crippen molar-refractivity contribution in [3.63, 3.8) is 0 Å². The molecule has 1 amide bonds. The van der Waals surface area contributed by atoms with E-state index in [9.17, 15) is 13.6 Å². The molecule has 4 nitrogen and oxygen atoms in total. The van der Waals surface area contributed by atoms with E-state index in [2.05, 4.69) is 4.74 Å². The highest BCUT2D eigenvalue weighted by atomic mass is 19.3. The standard InChI is InChI=1S/C15H20F2N2O2/c1-19(13-4-2-3-11(13)9-18)14(20)10-5-7-12(8-6-10)21-15(16)17/h5-8,11,13,15H,2-4,9,18H2,1H3. The monoisotopic (exact) mass is 298 g/mol. The lowest BCUT2D eigenvalue weighted by Gasteiger charge is -2.29. The molecule has 1 aliphatic rings. The zero-order valence-electron chi connectivity index (χ0n) is 12.0. The molecule has 0 heterocycles. The van der Waals surface area contributed by atoms with Crippen molar-refractivity contribution in [2.75, 3.05) is 13.6 Å². The van der Waals surface area contributed by atoms with E-state index >= 15 is 0 Å². The second-order valence-electron chi connectivity index (χ2n) is 5.31. The molecule has 1 fully saturated rings. The molecule has 1 aliphatic carbocycles. The van der Waals surface area contributed by atoms with Crippen LogP contribution in [0.2, 0.25) is 0 Å². The van der Waals surface area contributed by atoms with Crippen LogP contribution in [0.3, 0.4) is 0 Å². The first-order chi connectivity index (χ1) is 10.0. The first-order valence-corrected chi connectivity index (χ1v) is 7.05. The summed E-state index contributed by atoms with van der Waals surface area (Å²) in [5.74, 6) is 0.259. The fourth-order valence-corrected chi connectivity index (χ4v) is 2.94. The third-order valence-electron chi connectivity index (χ3n) is 4.07. The number of carbonyl (C=O) groups excluding carboxylic acids is 1. The molecule has 21 heavy (non-hydrogen) atoms. The van der Waals surface area contributed by atoms with Crippen LogP contribution in [0.4, 0.5) is 8.78 Å². The van der Waals surface area contributed by atoms with Gasteiger partial charge in [-0.3, -0.25) is 4.79 Å². The Morgan fingerprint density at radius 2 is 2.05 bits per heavy atom. The number of carbonyl (C=O) groups is 1. The molecule has 2 rings (SSSR count). The van der Waals surface area contributed by atoms with Gasteiger partial charge in [-0.25, -0.2) is 0 Å². The minimum Gasteiger partial charge on any atom is -0.435 e. The number of alkyl halides is 2. The van der Waals surface area contributed by atoms with Crippen LogP contribution >= 0.6 is 0 Å². The van der Waals surface area contributed by atoms with Gasteiger partial charge in [0, 0.05) is 18.7 Å². The molecule has 2 atom stereocenters. The average Bonchev–Trinajstić information content (AvgIpc) is 2.94. The van der Waals surface area contributed by atoms with Gasteiger partial charge < -0.3 is 15.4 Å². The predicted molar refractivity (Wildman–Crippen MR) is 75.4 cm³/mol. The van der Waals surface area contributed by atoms with Crippen LogP contribution in [0.1, 0.15) is 29.6 Å². The molecule has 2 unspecified atom stereocenters. The largest absolute Gasteiger partial charge is 0.435 e. The van der Waals surface area contributed by atoms with Crippen LogP contribution in [-0.2, 0) is 0 Å². The number of amides is 1. The molecule has 116 valence electrons. The highest BCUT2D eigenvalue weighted by Crippen LogP contribution is 2.29. The molecule has 0 aliphatic heterocycles. The summed E-state index contributed by atoms with van der Waals surface area (Å²) >= 11 is 0. The first-order valence-electron chi connectivity index (χ1n) is 7.05. The molecule has 0 spiro atoms. The van der Waals surface area contributed by atoms with Crippen LogP contribution in [0, 0.1) is 5.92 Å². The van der Waals surface area contributed by atoms with Gasteiger partial charge in [-0.15, -0.1) is 0 Å². The summed E-state index contributed by atoms with van der Waals surface area (Å²) in [5.41, 5.74) is 6.20. The fraction of sp³-hybridized carbons (Fsp3) is 0.533. The summed E-state index contributed by atoms with van der Waals surface area (Å²) in [7, 11) is 1.77. The van der Waals surface area contributed by atoms with E-state index in [0.29, 0.717) is 18.0 Å². The lowest BCUT2D eigenvalue weighted by Crippen LogP contribution is -2.41. The van der Waals surface area contributed by atoms with Gasteiger partial charge in [-0.05, 0) is 49.6 Å². The Morgan fingerprint density at radius 3 is 2.62 bits per heavy atom. The SMILES string of the molecule is CN(C(=O)c1ccc(OC(F)F)cc1)C1CCCC1CN. The minimum absolute atomic E-state index is 0.0462. The van der Waals surface area contributed by atoms with Crippen LogP contribution in [-0.4, -0.2) is 37.1 Å². The van der Waals surface area contributed by atoms with E-state index in [-0.39, 0.29) is 17.7 Å². The van der Waals surface area contributed by atoms with Crippen LogP contribution in [0.15, 0.2) is 24.3 Å². The van der Waals surface area contributed by atoms with Gasteiger partial charge in [0.2, 0.25) is 0 Å². The molecule has 1 saturated carbocycles. The van der Waals surface area contributed by atoms with Gasteiger partial charge in [0.1, 0.15) is 5.75 Å². The van der Waals surface area contributed by atoms with Crippen molar-refractivity contribution in [1.82, 2.24) is 4.90 Å². The van der Waals surface area contributed by atoms with E-state index in [4.69, 9.17) is 5.73 Å². The minimum atomic E-state index is -2.86. The summed E-state index contributed by atoms with van der Waals surface area (Å²) in [6.07, 6.45) is 3.07. The van der Waals surface area contributed by atoms with Crippen molar-refractivity contribution < 1.29 is 18.3 Å². The molecule has 0 saturated heterocycles. The Morgan fingerprint density at radius 1 is 1.38 bits per heavy atom. The maximum absolute atomic E-state index is 12.4. The van der Waals surface area contributed by atoms with Crippen molar-refractivity contribution in [3.05, 3.63) is 29.8 Å². The molecule has 0 aromatic heterocycles. The molecule has 1 aromatic rings. The van der Waals surface area contributed by atoms with Gasteiger partial charge in [0.15, 0.2) is 0 Å². The van der Waals surface area contributed by atoms with Crippen LogP contribution in [0.25, 0.3) is 0 Å². The zero-order valence-corrected chi connectivity index (χ0v) is 12.0. The second kappa shape index (κ2) is 6.85. The third kappa shape index (κ3) is 3.69. The van der Waals surface area contributed by atoms with Crippen LogP contribution in [0.5, 0.6) is 5.75 Å². The molecular weight excluding hydrogens is 278 g/mol. The van der Waals surface area contributed by atoms with Crippen molar-refractivity contribution in [2.24, 2.45) is 11.7 Å². The quantitative estimate of drug-likeness (QED) is 0.908. The van der Waals surface area contributed by atoms with E-state index in [1.165, 1.54) is 24.3 Å². The highest BCUT2D eigenvalue weighted by Gasteiger charge is 2.32. The Kier molecular flexibility index (Phi) is 5.12. The summed E-state index contributed by atoms with van der Waals surface area (Å²) in [5, 5.41) is 0. The second-order valence-corrected chi connectivity index (χ2v) is 5.31. The Labute approximate surface area is 122 Å². The average molecular weight is 298 g/mol. The number of halogens is 2. The topological polar surface area (TPSA) is 55.6 Å². The van der Waals surface area contributed by atoms with Gasteiger partial charge >= 0.3 is 6.61 Å². The lowest BCUT2D eigenvalue weighted by molar-refractivity contribution is -0.0498. The van der Waals surface area contributed by atoms with E-state index in [1.54, 1.807) is 11.9 Å². The van der Waals surface area contributed by atoms with Crippen molar-refractivity contribution in [2.45, 2.75) is 31.9 Å². The number of hydrogen-bond acceptors (Lipinski definition) is 3. The number of nitrogens with two attached hydrogens (primary N) is 1. The molecule has 0 radical (unpaired) electrons. The number of ether oxygens (including phenoxy) is 1. The van der Waals surface area contributed by atoms with Gasteiger partial charge in [-0.2, -0.15) is 8.78 Å². The lowest BCUT2D eigenvalue weighted by atomic mass is 10.0. The third-order valence-corrected chi connectivity index (χ3v) is 4.07. The van der Waals surface area contributed by atoms with Gasteiger partial charge in [-0.1, -0.05) is 6.42 Å². The van der Waals surface area contributed by atoms with Crippen molar-refractivity contribution >= 4 is 5.91 Å². The maximum atomic E-state index is 12.4. The van der Waals surface area contributed by atoms with Gasteiger partial charge in [0.25, 0.3) is 5.91 Å². The van der Waals surface area contributed by atoms with E-state index < -0.39 is 6.61 Å². The molecule has 6 heteroatoms. The number of hydrogen-bond donors (Lipinski definition) is 1. The maximum Gasteiger partial charge on any atom is 0.387 e. The summed E-state index contributed by atoms with van der Waals surface area (Å²) in [6.45, 7) is -2.29. The summed E-state index contributed by atoms with van der Waals surface area (Å²) in [6, 6.07) is 5.91. The Balaban J connectivity index is 2.05. The fourth-order valence-electron chi connectivity index (χ4n) is 2.94. The summed E-state index contributed by atoms with van der Waals surface area (Å²) < 4.78 is 28.4. The molecule has 0 bridgehead atoms. The smallest absolute Gasteiger partial charge is 0.387 e. The molecule has 1 aromatic carbocycles. The number of rotatable bonds is 5. The predicted octanol–water partition coefficient (Wildman–Crippen LogP) is 2.49. The van der Waals surface area contributed by atoms with E-state index in [0.717, 1.165) is 19.3 Å². The Bertz CT molecular complexity index is 479. The van der Waals surface area contributed by atoms with Crippen molar-refractivity contribution in [3.8, 4) is 5.75 Å². The number of benzene rings is 1. The summed E-state index contributed by atoms with van der Waals surface area (Å²) in [4.78, 5) is 14.1. The molecule has 2 N–H and O–H groups in total. The normalized spacial score (nSPS) is 21.6. The first kappa shape index (κ1) is 15.7. The number of nitrogens with zero attached hydrogens (tertiary/aromatic N) is 1. The van der Waals surface area contributed by atoms with Crippen LogP contribution < -0.4 is 10.5 Å². The van der Waals surface area contributed by atoms with Gasteiger partial charge in [0.05, 0.1) is 0 Å². The Hall–Kier alpha value is -1.69. The molecular formula is C15H20F2N2O2. The highest BCUT2D eigenvalue weighted by molar-refractivity contribution is 5.94. The van der Waals surface area contributed by atoms with E-state index in [1.807, 2.05) is 0 Å².